The van der Waals surface area contributed by atoms with E-state index in [9.17, 15) is 9.59 Å². The highest BCUT2D eigenvalue weighted by Gasteiger charge is 2.26. The van der Waals surface area contributed by atoms with Gasteiger partial charge in [0.25, 0.3) is 0 Å². The topological polar surface area (TPSA) is 63.6 Å². The molecule has 1 aliphatic rings. The lowest BCUT2D eigenvalue weighted by Crippen LogP contribution is -2.44. The maximum atomic E-state index is 15.8. The zero-order valence-corrected chi connectivity index (χ0v) is 18.2. The Morgan fingerprint density at radius 1 is 1.22 bits per heavy atom. The third-order valence-electron chi connectivity index (χ3n) is 5.40. The fourth-order valence-corrected chi connectivity index (χ4v) is 4.18. The number of nitrogens with one attached hydrogen (secondary N) is 1. The fraction of sp³-hybridized carbons (Fsp3) is 0.304. The van der Waals surface area contributed by atoms with Crippen molar-refractivity contribution in [3.63, 3.8) is 0 Å². The van der Waals surface area contributed by atoms with Crippen LogP contribution in [0.5, 0.6) is 0 Å². The van der Waals surface area contributed by atoms with Crippen molar-refractivity contribution >= 4 is 34.2 Å². The number of aromatic nitrogens is 1. The van der Waals surface area contributed by atoms with Gasteiger partial charge in [0.05, 0.1) is 17.5 Å². The number of nitrogens with zero attached hydrogens (tertiary/aromatic N) is 2. The van der Waals surface area contributed by atoms with Gasteiger partial charge in [-0.1, -0.05) is 23.7 Å². The van der Waals surface area contributed by atoms with Crippen LogP contribution < -0.4 is 15.6 Å². The number of halogens is 3. The van der Waals surface area contributed by atoms with Crippen molar-refractivity contribution in [3.05, 3.63) is 74.5 Å². The van der Waals surface area contributed by atoms with Crippen molar-refractivity contribution in [2.45, 2.75) is 13.5 Å². The minimum atomic E-state index is -0.843. The number of ether oxygens (including phenoxy) is 1. The number of carbonyl (C=O) groups excluding carboxylic acids is 1. The first-order valence-electron chi connectivity index (χ1n) is 10.3. The average Bonchev–Trinajstić information content (AvgIpc) is 2.76. The highest BCUT2D eigenvalue weighted by molar-refractivity contribution is 6.30. The molecule has 0 unspecified atom stereocenters. The second kappa shape index (κ2) is 9.26. The lowest BCUT2D eigenvalue weighted by Gasteiger charge is -2.30. The molecule has 3 aromatic rings. The largest absolute Gasteiger partial charge is 0.462 e. The molecule has 1 fully saturated rings. The number of fused-ring (bicyclic) bond motifs is 1. The van der Waals surface area contributed by atoms with E-state index in [1.54, 1.807) is 36.1 Å². The zero-order chi connectivity index (χ0) is 22.8. The van der Waals surface area contributed by atoms with E-state index in [4.69, 9.17) is 16.3 Å². The number of pyridine rings is 1. The third kappa shape index (κ3) is 4.20. The molecule has 2 aromatic carbocycles. The smallest absolute Gasteiger partial charge is 0.343 e. The highest BCUT2D eigenvalue weighted by atomic mass is 35.5. The summed E-state index contributed by atoms with van der Waals surface area (Å²) >= 11 is 6.09. The molecule has 0 spiro atoms. The predicted octanol–water partition coefficient (Wildman–Crippen LogP) is 3.57. The van der Waals surface area contributed by atoms with Crippen LogP contribution in [-0.4, -0.2) is 43.3 Å². The normalized spacial score (nSPS) is 14.1. The number of hydrogen-bond acceptors (Lipinski definition) is 5. The molecule has 2 heterocycles. The van der Waals surface area contributed by atoms with E-state index < -0.39 is 23.0 Å². The SMILES string of the molecule is CCOC(=O)c1cn(Cc2cccc(Cl)c2)c2c(F)c(N3CCNCC3)c(F)cc2c1=O. The summed E-state index contributed by atoms with van der Waals surface area (Å²) in [5, 5.41) is 3.42. The van der Waals surface area contributed by atoms with Crippen LogP contribution in [-0.2, 0) is 11.3 Å². The lowest BCUT2D eigenvalue weighted by molar-refractivity contribution is 0.0524. The van der Waals surface area contributed by atoms with E-state index in [2.05, 4.69) is 5.32 Å². The van der Waals surface area contributed by atoms with Crippen molar-refractivity contribution in [3.8, 4) is 0 Å². The summed E-state index contributed by atoms with van der Waals surface area (Å²) in [4.78, 5) is 27.0. The molecule has 0 atom stereocenters. The van der Waals surface area contributed by atoms with Crippen LogP contribution in [0.1, 0.15) is 22.8 Å². The molecule has 1 N–H and O–H groups in total. The van der Waals surface area contributed by atoms with E-state index in [1.165, 1.54) is 10.8 Å². The molecule has 1 aromatic heterocycles. The number of carbonyl (C=O) groups is 1. The Kier molecular flexibility index (Phi) is 6.43. The molecule has 4 rings (SSSR count). The maximum Gasteiger partial charge on any atom is 0.343 e. The summed E-state index contributed by atoms with van der Waals surface area (Å²) in [7, 11) is 0. The predicted molar refractivity (Wildman–Crippen MR) is 120 cm³/mol. The van der Waals surface area contributed by atoms with Gasteiger partial charge in [-0.15, -0.1) is 0 Å². The minimum absolute atomic E-state index is 0.0647. The van der Waals surface area contributed by atoms with E-state index in [0.29, 0.717) is 31.2 Å². The summed E-state index contributed by atoms with van der Waals surface area (Å²) in [6, 6.07) is 7.95. The second-order valence-electron chi connectivity index (χ2n) is 7.50. The van der Waals surface area contributed by atoms with Crippen molar-refractivity contribution in [1.29, 1.82) is 0 Å². The fourth-order valence-electron chi connectivity index (χ4n) is 3.97. The Labute approximate surface area is 188 Å². The zero-order valence-electron chi connectivity index (χ0n) is 17.5. The van der Waals surface area contributed by atoms with E-state index in [1.807, 2.05) is 0 Å². The quantitative estimate of drug-likeness (QED) is 0.589. The van der Waals surface area contributed by atoms with Crippen molar-refractivity contribution < 1.29 is 18.3 Å². The monoisotopic (exact) mass is 461 g/mol. The van der Waals surface area contributed by atoms with Crippen LogP contribution in [0.15, 0.2) is 41.3 Å². The van der Waals surface area contributed by atoms with Crippen LogP contribution in [0.2, 0.25) is 5.02 Å². The van der Waals surface area contributed by atoms with Crippen LogP contribution in [0.3, 0.4) is 0 Å². The van der Waals surface area contributed by atoms with Gasteiger partial charge in [0.1, 0.15) is 17.1 Å². The van der Waals surface area contributed by atoms with Gasteiger partial charge in [0.2, 0.25) is 5.43 Å². The Hall–Kier alpha value is -2.97. The van der Waals surface area contributed by atoms with E-state index in [-0.39, 0.29) is 35.3 Å². The molecular formula is C23H22ClF2N3O3. The summed E-state index contributed by atoms with van der Waals surface area (Å²) in [6.45, 7) is 3.84. The third-order valence-corrected chi connectivity index (χ3v) is 5.64. The molecule has 1 saturated heterocycles. The molecule has 0 bridgehead atoms. The maximum absolute atomic E-state index is 15.8. The summed E-state index contributed by atoms with van der Waals surface area (Å²) < 4.78 is 37.3. The Bertz CT molecular complexity index is 1240. The number of hydrogen-bond donors (Lipinski definition) is 1. The Balaban J connectivity index is 1.97. The summed E-state index contributed by atoms with van der Waals surface area (Å²) in [5.41, 5.74) is -0.578. The van der Waals surface area contributed by atoms with Crippen molar-refractivity contribution in [1.82, 2.24) is 9.88 Å². The molecule has 0 aliphatic carbocycles. The molecule has 32 heavy (non-hydrogen) atoms. The van der Waals surface area contributed by atoms with Gasteiger partial charge in [-0.25, -0.2) is 13.6 Å². The van der Waals surface area contributed by atoms with E-state index >= 15 is 8.78 Å². The average molecular weight is 462 g/mol. The van der Waals surface area contributed by atoms with Gasteiger partial charge in [0, 0.05) is 43.9 Å². The number of benzene rings is 2. The van der Waals surface area contributed by atoms with Gasteiger partial charge in [-0.05, 0) is 30.7 Å². The number of anilines is 1. The minimum Gasteiger partial charge on any atom is -0.462 e. The molecule has 168 valence electrons. The van der Waals surface area contributed by atoms with Crippen molar-refractivity contribution in [2.75, 3.05) is 37.7 Å². The Morgan fingerprint density at radius 2 is 1.97 bits per heavy atom. The number of piperazine rings is 1. The standard InChI is InChI=1S/C23H22ClF2N3O3/c1-2-32-23(31)17-13-29(12-14-4-3-5-15(24)10-14)20-16(22(17)30)11-18(25)21(19(20)26)28-8-6-27-7-9-28/h3-5,10-11,13,27H,2,6-9,12H2,1H3. The second-order valence-corrected chi connectivity index (χ2v) is 7.94. The molecule has 6 nitrogen and oxygen atoms in total. The first-order valence-corrected chi connectivity index (χ1v) is 10.7. The highest BCUT2D eigenvalue weighted by Crippen LogP contribution is 2.31. The van der Waals surface area contributed by atoms with Crippen LogP contribution in [0.4, 0.5) is 14.5 Å². The van der Waals surface area contributed by atoms with Gasteiger partial charge in [0.15, 0.2) is 5.82 Å². The Morgan fingerprint density at radius 3 is 2.66 bits per heavy atom. The molecule has 1 aliphatic heterocycles. The van der Waals surface area contributed by atoms with Gasteiger partial charge in [-0.3, -0.25) is 4.79 Å². The lowest BCUT2D eigenvalue weighted by atomic mass is 10.1. The first-order chi connectivity index (χ1) is 15.4. The number of rotatable bonds is 5. The molecule has 9 heteroatoms. The van der Waals surface area contributed by atoms with Crippen LogP contribution >= 0.6 is 11.6 Å². The molecular weight excluding hydrogens is 440 g/mol. The van der Waals surface area contributed by atoms with Gasteiger partial charge < -0.3 is 19.5 Å². The van der Waals surface area contributed by atoms with E-state index in [0.717, 1.165) is 11.6 Å². The summed E-state index contributed by atoms with van der Waals surface area (Å²) in [5.74, 6) is -2.52. The van der Waals surface area contributed by atoms with Gasteiger partial charge in [-0.2, -0.15) is 0 Å². The first kappa shape index (κ1) is 22.2. The molecule has 0 amide bonds. The molecule has 0 saturated carbocycles. The van der Waals surface area contributed by atoms with Crippen molar-refractivity contribution in [2.24, 2.45) is 0 Å². The van der Waals surface area contributed by atoms with Gasteiger partial charge >= 0.3 is 5.97 Å². The summed E-state index contributed by atoms with van der Waals surface area (Å²) in [6.07, 6.45) is 1.27. The van der Waals surface area contributed by atoms with Crippen LogP contribution in [0.25, 0.3) is 10.9 Å². The molecule has 0 radical (unpaired) electrons. The number of esters is 1. The van der Waals surface area contributed by atoms with Crippen LogP contribution in [0, 0.1) is 11.6 Å².